The van der Waals surface area contributed by atoms with E-state index in [1.54, 1.807) is 41.0 Å². The third-order valence-electron chi connectivity index (χ3n) is 4.31. The van der Waals surface area contributed by atoms with Gasteiger partial charge in [-0.05, 0) is 42.8 Å². The van der Waals surface area contributed by atoms with E-state index in [9.17, 15) is 4.79 Å². The van der Waals surface area contributed by atoms with Crippen LogP contribution in [0, 0.1) is 0 Å². The molecule has 5 nitrogen and oxygen atoms in total. The van der Waals surface area contributed by atoms with Crippen LogP contribution in [0.25, 0.3) is 5.69 Å². The summed E-state index contributed by atoms with van der Waals surface area (Å²) in [6, 6.07) is 12.4. The molecule has 3 rings (SSSR count). The Balaban J connectivity index is 1.68. The van der Waals surface area contributed by atoms with Gasteiger partial charge in [-0.2, -0.15) is 0 Å². The fraction of sp³-hybridized carbons (Fsp3) is 0.211. The Morgan fingerprint density at radius 2 is 1.93 bits per heavy atom. The molecule has 0 aliphatic rings. The van der Waals surface area contributed by atoms with Crippen LogP contribution in [-0.4, -0.2) is 38.4 Å². The fourth-order valence-electron chi connectivity index (χ4n) is 2.62. The van der Waals surface area contributed by atoms with Gasteiger partial charge in [-0.1, -0.05) is 58.7 Å². The van der Waals surface area contributed by atoms with Gasteiger partial charge in [-0.3, -0.25) is 9.36 Å². The number of hydrogen-bond donors (Lipinski definition) is 0. The quantitative estimate of drug-likeness (QED) is 0.458. The van der Waals surface area contributed by atoms with Gasteiger partial charge in [0.15, 0.2) is 5.16 Å². The Bertz CT molecular complexity index is 995. The molecule has 0 fully saturated rings. The van der Waals surface area contributed by atoms with Gasteiger partial charge < -0.3 is 4.90 Å². The molecular formula is C19H17Cl3N4OS. The summed E-state index contributed by atoms with van der Waals surface area (Å²) in [7, 11) is 1.75. The average molecular weight is 456 g/mol. The normalized spacial score (nSPS) is 12.0. The Morgan fingerprint density at radius 3 is 2.64 bits per heavy atom. The smallest absolute Gasteiger partial charge is 0.233 e. The molecule has 28 heavy (non-hydrogen) atoms. The molecule has 1 heterocycles. The second kappa shape index (κ2) is 9.18. The minimum absolute atomic E-state index is 0.0517. The van der Waals surface area contributed by atoms with Crippen LogP contribution in [0.3, 0.4) is 0 Å². The predicted molar refractivity (Wildman–Crippen MR) is 115 cm³/mol. The third-order valence-corrected chi connectivity index (χ3v) is 6.04. The van der Waals surface area contributed by atoms with Gasteiger partial charge in [0.25, 0.3) is 0 Å². The van der Waals surface area contributed by atoms with Crippen LogP contribution in [0.4, 0.5) is 0 Å². The predicted octanol–water partition coefficient (Wildman–Crippen LogP) is 5.54. The number of halogens is 3. The minimum atomic E-state index is -0.191. The van der Waals surface area contributed by atoms with Crippen LogP contribution in [0.5, 0.6) is 0 Å². The van der Waals surface area contributed by atoms with Crippen molar-refractivity contribution in [2.45, 2.75) is 18.1 Å². The van der Waals surface area contributed by atoms with Gasteiger partial charge in [0.2, 0.25) is 5.91 Å². The highest BCUT2D eigenvalue weighted by Crippen LogP contribution is 2.30. The molecule has 0 saturated heterocycles. The van der Waals surface area contributed by atoms with E-state index in [-0.39, 0.29) is 17.7 Å². The van der Waals surface area contributed by atoms with Gasteiger partial charge in [-0.25, -0.2) is 0 Å². The van der Waals surface area contributed by atoms with Crippen molar-refractivity contribution in [3.8, 4) is 5.69 Å². The molecule has 0 saturated carbocycles. The van der Waals surface area contributed by atoms with Crippen molar-refractivity contribution in [1.82, 2.24) is 19.7 Å². The first-order valence-electron chi connectivity index (χ1n) is 8.36. The van der Waals surface area contributed by atoms with Crippen molar-refractivity contribution >= 4 is 52.5 Å². The maximum absolute atomic E-state index is 12.7. The number of carbonyl (C=O) groups excluding carboxylic acids is 1. The van der Waals surface area contributed by atoms with E-state index in [1.165, 1.54) is 11.8 Å². The minimum Gasteiger partial charge on any atom is -0.338 e. The lowest BCUT2D eigenvalue weighted by Crippen LogP contribution is -2.31. The molecule has 146 valence electrons. The van der Waals surface area contributed by atoms with Gasteiger partial charge in [-0.15, -0.1) is 10.2 Å². The zero-order valence-electron chi connectivity index (χ0n) is 15.1. The second-order valence-electron chi connectivity index (χ2n) is 6.10. The Hall–Kier alpha value is -1.73. The molecule has 0 radical (unpaired) electrons. The first kappa shape index (κ1) is 21.0. The molecule has 2 aromatic carbocycles. The van der Waals surface area contributed by atoms with Gasteiger partial charge >= 0.3 is 0 Å². The summed E-state index contributed by atoms with van der Waals surface area (Å²) in [5, 5.41) is 10.4. The van der Waals surface area contributed by atoms with Crippen molar-refractivity contribution in [1.29, 1.82) is 0 Å². The van der Waals surface area contributed by atoms with Crippen molar-refractivity contribution in [2.75, 3.05) is 12.8 Å². The number of aromatic nitrogens is 3. The van der Waals surface area contributed by atoms with Crippen LogP contribution in [0.1, 0.15) is 18.5 Å². The highest BCUT2D eigenvalue weighted by molar-refractivity contribution is 7.99. The number of benzene rings is 2. The lowest BCUT2D eigenvalue weighted by Gasteiger charge is -2.26. The highest BCUT2D eigenvalue weighted by atomic mass is 35.5. The summed E-state index contributed by atoms with van der Waals surface area (Å²) in [4.78, 5) is 14.3. The number of amides is 1. The van der Waals surface area contributed by atoms with Gasteiger partial charge in [0.05, 0.1) is 17.5 Å². The number of thioether (sulfide) groups is 1. The summed E-state index contributed by atoms with van der Waals surface area (Å²) >= 11 is 19.6. The van der Waals surface area contributed by atoms with Crippen LogP contribution >= 0.6 is 46.6 Å². The SMILES string of the molecule is CC(c1ccc(Cl)cc1Cl)N(C)C(=O)CSc1nncn1-c1cccc(Cl)c1. The summed E-state index contributed by atoms with van der Waals surface area (Å²) in [5.41, 5.74) is 1.68. The van der Waals surface area contributed by atoms with E-state index >= 15 is 0 Å². The summed E-state index contributed by atoms with van der Waals surface area (Å²) < 4.78 is 1.79. The number of hydrogen-bond acceptors (Lipinski definition) is 4. The maximum Gasteiger partial charge on any atom is 0.233 e. The van der Waals surface area contributed by atoms with Crippen molar-refractivity contribution in [3.63, 3.8) is 0 Å². The molecule has 1 atom stereocenters. The van der Waals surface area contributed by atoms with E-state index in [2.05, 4.69) is 10.2 Å². The molecule has 0 bridgehead atoms. The molecule has 9 heteroatoms. The Labute approximate surface area is 182 Å². The largest absolute Gasteiger partial charge is 0.338 e. The fourth-order valence-corrected chi connectivity index (χ4v) is 4.22. The summed E-state index contributed by atoms with van der Waals surface area (Å²) in [6.07, 6.45) is 1.60. The topological polar surface area (TPSA) is 51.0 Å². The molecule has 0 spiro atoms. The van der Waals surface area contributed by atoms with Crippen LogP contribution in [-0.2, 0) is 4.79 Å². The van der Waals surface area contributed by atoms with Gasteiger partial charge in [0, 0.05) is 22.1 Å². The first-order chi connectivity index (χ1) is 13.4. The molecule has 0 N–H and O–H groups in total. The Kier molecular flexibility index (Phi) is 6.88. The van der Waals surface area contributed by atoms with E-state index in [4.69, 9.17) is 34.8 Å². The van der Waals surface area contributed by atoms with E-state index in [1.807, 2.05) is 31.2 Å². The third kappa shape index (κ3) is 4.81. The average Bonchev–Trinajstić information content (AvgIpc) is 3.13. The number of rotatable bonds is 6. The highest BCUT2D eigenvalue weighted by Gasteiger charge is 2.20. The summed E-state index contributed by atoms with van der Waals surface area (Å²) in [6.45, 7) is 1.92. The number of nitrogens with zero attached hydrogens (tertiary/aromatic N) is 4. The number of carbonyl (C=O) groups is 1. The molecule has 3 aromatic rings. The van der Waals surface area contributed by atoms with Crippen LogP contribution < -0.4 is 0 Å². The zero-order valence-corrected chi connectivity index (χ0v) is 18.2. The van der Waals surface area contributed by atoms with Crippen molar-refractivity contribution in [2.24, 2.45) is 0 Å². The lowest BCUT2D eigenvalue weighted by atomic mass is 10.1. The molecular weight excluding hydrogens is 439 g/mol. The van der Waals surface area contributed by atoms with Crippen LogP contribution in [0.15, 0.2) is 53.9 Å². The molecule has 1 aromatic heterocycles. The van der Waals surface area contributed by atoms with Gasteiger partial charge in [0.1, 0.15) is 6.33 Å². The Morgan fingerprint density at radius 1 is 1.18 bits per heavy atom. The monoisotopic (exact) mass is 454 g/mol. The van der Waals surface area contributed by atoms with E-state index in [0.29, 0.717) is 20.2 Å². The second-order valence-corrected chi connectivity index (χ2v) is 8.32. The molecule has 0 aliphatic carbocycles. The maximum atomic E-state index is 12.7. The molecule has 0 aliphatic heterocycles. The first-order valence-corrected chi connectivity index (χ1v) is 10.5. The van der Waals surface area contributed by atoms with Crippen molar-refractivity contribution in [3.05, 3.63) is 69.4 Å². The molecule has 1 unspecified atom stereocenters. The summed E-state index contributed by atoms with van der Waals surface area (Å²) in [5.74, 6) is 0.162. The van der Waals surface area contributed by atoms with Crippen LogP contribution in [0.2, 0.25) is 15.1 Å². The van der Waals surface area contributed by atoms with E-state index in [0.717, 1.165) is 11.3 Å². The molecule has 1 amide bonds. The van der Waals surface area contributed by atoms with Crippen molar-refractivity contribution < 1.29 is 4.79 Å². The lowest BCUT2D eigenvalue weighted by molar-refractivity contribution is -0.128. The standard InChI is InChI=1S/C19H17Cl3N4OS/c1-12(16-7-6-14(21)9-17(16)22)25(2)18(27)10-28-19-24-23-11-26(19)15-5-3-4-13(20)8-15/h3-9,11-12H,10H2,1-2H3. The zero-order chi connectivity index (χ0) is 20.3. The van der Waals surface area contributed by atoms with E-state index < -0.39 is 0 Å².